The predicted octanol–water partition coefficient (Wildman–Crippen LogP) is 2.34. The zero-order valence-corrected chi connectivity index (χ0v) is 9.14. The van der Waals surface area contributed by atoms with Crippen LogP contribution in [0.2, 0.25) is 0 Å². The van der Waals surface area contributed by atoms with Crippen LogP contribution in [0.3, 0.4) is 0 Å². The van der Waals surface area contributed by atoms with E-state index in [-0.39, 0.29) is 0 Å². The first-order valence-electron chi connectivity index (χ1n) is 4.59. The fourth-order valence-electron chi connectivity index (χ4n) is 1.43. The van der Waals surface area contributed by atoms with Crippen molar-refractivity contribution < 1.29 is 0 Å². The molecule has 2 heterocycles. The summed E-state index contributed by atoms with van der Waals surface area (Å²) in [4.78, 5) is 4.29. The number of nitrogen functional groups attached to an aromatic ring is 1. The van der Waals surface area contributed by atoms with Gasteiger partial charge in [0.2, 0.25) is 0 Å². The summed E-state index contributed by atoms with van der Waals surface area (Å²) >= 11 is 1.72. The molecule has 0 unspecified atom stereocenters. The number of nitrogens with zero attached hydrogens (tertiary/aromatic N) is 2. The summed E-state index contributed by atoms with van der Waals surface area (Å²) in [5.41, 5.74) is 7.97. The number of aromatic nitrogens is 2. The van der Waals surface area contributed by atoms with Gasteiger partial charge in [0, 0.05) is 6.20 Å². The maximum absolute atomic E-state index is 5.84. The van der Waals surface area contributed by atoms with Gasteiger partial charge in [-0.2, -0.15) is 0 Å². The maximum atomic E-state index is 5.84. The molecule has 0 amide bonds. The van der Waals surface area contributed by atoms with Gasteiger partial charge in [-0.3, -0.25) is 4.40 Å². The molecular formula is C10H13N3S. The summed E-state index contributed by atoms with van der Waals surface area (Å²) in [5.74, 6) is 1.63. The van der Waals surface area contributed by atoms with Gasteiger partial charge in [-0.25, -0.2) is 4.98 Å². The third-order valence-corrected chi connectivity index (χ3v) is 3.00. The Hall–Kier alpha value is -1.16. The summed E-state index contributed by atoms with van der Waals surface area (Å²) in [6.07, 6.45) is 2.07. The summed E-state index contributed by atoms with van der Waals surface area (Å²) in [5, 5.41) is 1.05. The quantitative estimate of drug-likeness (QED) is 0.769. The fourth-order valence-corrected chi connectivity index (χ4v) is 2.18. The number of aryl methyl sites for hydroxylation is 1. The number of pyridine rings is 1. The molecule has 2 aromatic rings. The van der Waals surface area contributed by atoms with E-state index in [1.807, 2.05) is 12.1 Å². The number of hydrogen-bond donors (Lipinski definition) is 1. The molecule has 2 rings (SSSR count). The average molecular weight is 207 g/mol. The first-order chi connectivity index (χ1) is 6.72. The Bertz CT molecular complexity index is 462. The second kappa shape index (κ2) is 3.53. The van der Waals surface area contributed by atoms with E-state index in [0.29, 0.717) is 5.82 Å². The van der Waals surface area contributed by atoms with Gasteiger partial charge in [-0.15, -0.1) is 11.8 Å². The number of anilines is 1. The van der Waals surface area contributed by atoms with E-state index in [9.17, 15) is 0 Å². The molecular weight excluding hydrogens is 194 g/mol. The van der Waals surface area contributed by atoms with E-state index in [1.165, 1.54) is 5.56 Å². The van der Waals surface area contributed by atoms with Crippen molar-refractivity contribution in [2.75, 3.05) is 11.5 Å². The van der Waals surface area contributed by atoms with Crippen molar-refractivity contribution in [1.29, 1.82) is 0 Å². The molecule has 2 aromatic heterocycles. The van der Waals surface area contributed by atoms with Gasteiger partial charge in [-0.05, 0) is 24.3 Å². The van der Waals surface area contributed by atoms with Crippen molar-refractivity contribution in [2.24, 2.45) is 0 Å². The first-order valence-corrected chi connectivity index (χ1v) is 5.58. The molecule has 0 atom stereocenters. The minimum atomic E-state index is 0.627. The van der Waals surface area contributed by atoms with E-state index in [0.717, 1.165) is 16.4 Å². The lowest BCUT2D eigenvalue weighted by Crippen LogP contribution is -1.90. The molecule has 0 radical (unpaired) electrons. The van der Waals surface area contributed by atoms with Crippen LogP contribution in [-0.2, 0) is 0 Å². The maximum Gasteiger partial charge on any atom is 0.156 e. The number of thioether (sulfide) groups is 1. The molecule has 0 aliphatic rings. The first kappa shape index (κ1) is 9.40. The molecule has 0 spiro atoms. The van der Waals surface area contributed by atoms with E-state index in [4.69, 9.17) is 5.73 Å². The van der Waals surface area contributed by atoms with Crippen molar-refractivity contribution in [3.63, 3.8) is 0 Å². The number of hydrogen-bond acceptors (Lipinski definition) is 3. The van der Waals surface area contributed by atoms with Crippen LogP contribution in [0.4, 0.5) is 5.82 Å². The van der Waals surface area contributed by atoms with E-state index >= 15 is 0 Å². The van der Waals surface area contributed by atoms with Crippen LogP contribution in [-0.4, -0.2) is 15.1 Å². The number of nitrogens with two attached hydrogens (primary N) is 1. The smallest absolute Gasteiger partial charge is 0.156 e. The van der Waals surface area contributed by atoms with Crippen LogP contribution in [0.1, 0.15) is 12.5 Å². The van der Waals surface area contributed by atoms with Gasteiger partial charge in [0.1, 0.15) is 10.7 Å². The van der Waals surface area contributed by atoms with Gasteiger partial charge < -0.3 is 5.73 Å². The van der Waals surface area contributed by atoms with Gasteiger partial charge in [0.15, 0.2) is 5.82 Å². The standard InChI is InChI=1S/C10H13N3S/c1-3-14-10-9(11)12-8-5-4-7(2)6-13(8)10/h4-6H,3,11H2,1-2H3. The van der Waals surface area contributed by atoms with Crippen molar-refractivity contribution in [3.8, 4) is 0 Å². The molecule has 4 heteroatoms. The highest BCUT2D eigenvalue weighted by Gasteiger charge is 2.08. The molecule has 0 saturated heterocycles. The highest BCUT2D eigenvalue weighted by molar-refractivity contribution is 7.99. The van der Waals surface area contributed by atoms with Crippen molar-refractivity contribution in [3.05, 3.63) is 23.9 Å². The molecule has 3 nitrogen and oxygen atoms in total. The lowest BCUT2D eigenvalue weighted by molar-refractivity contribution is 1.04. The summed E-state index contributed by atoms with van der Waals surface area (Å²) in [6, 6.07) is 4.04. The lowest BCUT2D eigenvalue weighted by atomic mass is 10.3. The van der Waals surface area contributed by atoms with E-state index in [2.05, 4.69) is 29.4 Å². The Morgan fingerprint density at radius 2 is 2.29 bits per heavy atom. The minimum Gasteiger partial charge on any atom is -0.381 e. The van der Waals surface area contributed by atoms with E-state index in [1.54, 1.807) is 11.8 Å². The summed E-state index contributed by atoms with van der Waals surface area (Å²) < 4.78 is 2.05. The highest BCUT2D eigenvalue weighted by Crippen LogP contribution is 2.25. The summed E-state index contributed by atoms with van der Waals surface area (Å²) in [7, 11) is 0. The Labute approximate surface area is 87.3 Å². The Morgan fingerprint density at radius 3 is 3.00 bits per heavy atom. The SMILES string of the molecule is CCSc1c(N)nc2ccc(C)cn12. The zero-order chi connectivity index (χ0) is 10.1. The third kappa shape index (κ3) is 1.46. The Morgan fingerprint density at radius 1 is 1.50 bits per heavy atom. The molecule has 0 aliphatic carbocycles. The molecule has 14 heavy (non-hydrogen) atoms. The fraction of sp³-hybridized carbons (Fsp3) is 0.300. The van der Waals surface area contributed by atoms with Crippen molar-refractivity contribution in [1.82, 2.24) is 9.38 Å². The molecule has 0 aromatic carbocycles. The lowest BCUT2D eigenvalue weighted by Gasteiger charge is -2.00. The highest BCUT2D eigenvalue weighted by atomic mass is 32.2. The summed E-state index contributed by atoms with van der Waals surface area (Å²) in [6.45, 7) is 4.18. The molecule has 2 N–H and O–H groups in total. The normalized spacial score (nSPS) is 11.0. The van der Waals surface area contributed by atoms with Crippen LogP contribution in [0.25, 0.3) is 5.65 Å². The minimum absolute atomic E-state index is 0.627. The van der Waals surface area contributed by atoms with Gasteiger partial charge >= 0.3 is 0 Å². The Balaban J connectivity index is 2.66. The van der Waals surface area contributed by atoms with Gasteiger partial charge in [-0.1, -0.05) is 13.0 Å². The second-order valence-electron chi connectivity index (χ2n) is 3.17. The van der Waals surface area contributed by atoms with Gasteiger partial charge in [0.05, 0.1) is 0 Å². The Kier molecular flexibility index (Phi) is 2.37. The van der Waals surface area contributed by atoms with Crippen LogP contribution >= 0.6 is 11.8 Å². The van der Waals surface area contributed by atoms with Crippen LogP contribution < -0.4 is 5.73 Å². The topological polar surface area (TPSA) is 43.3 Å². The molecule has 0 saturated carbocycles. The molecule has 0 fully saturated rings. The number of imidazole rings is 1. The van der Waals surface area contributed by atoms with Crippen LogP contribution in [0.5, 0.6) is 0 Å². The zero-order valence-electron chi connectivity index (χ0n) is 8.32. The molecule has 74 valence electrons. The second-order valence-corrected chi connectivity index (χ2v) is 4.42. The average Bonchev–Trinajstić information content (AvgIpc) is 2.45. The van der Waals surface area contributed by atoms with Gasteiger partial charge in [0.25, 0.3) is 0 Å². The monoisotopic (exact) mass is 207 g/mol. The largest absolute Gasteiger partial charge is 0.381 e. The molecule has 0 bridgehead atoms. The molecule has 0 aliphatic heterocycles. The van der Waals surface area contributed by atoms with Crippen LogP contribution in [0, 0.1) is 6.92 Å². The predicted molar refractivity (Wildman–Crippen MR) is 60.7 cm³/mol. The van der Waals surface area contributed by atoms with Crippen LogP contribution in [0.15, 0.2) is 23.4 Å². The number of fused-ring (bicyclic) bond motifs is 1. The van der Waals surface area contributed by atoms with Crippen molar-refractivity contribution in [2.45, 2.75) is 18.9 Å². The van der Waals surface area contributed by atoms with Crippen molar-refractivity contribution >= 4 is 23.2 Å². The third-order valence-electron chi connectivity index (χ3n) is 2.03. The van der Waals surface area contributed by atoms with E-state index < -0.39 is 0 Å². The number of rotatable bonds is 2.